The van der Waals surface area contributed by atoms with Gasteiger partial charge in [0.15, 0.2) is 0 Å². The van der Waals surface area contributed by atoms with Crippen LogP contribution in [0.25, 0.3) is 0 Å². The van der Waals surface area contributed by atoms with Crippen molar-refractivity contribution < 1.29 is 9.63 Å². The van der Waals surface area contributed by atoms with Crippen LogP contribution in [0.5, 0.6) is 0 Å². The fraction of sp³-hybridized carbons (Fsp3) is 0.933. The van der Waals surface area contributed by atoms with Crippen molar-refractivity contribution in [3.05, 3.63) is 0 Å². The molecular weight excluding hydrogens is 254 g/mol. The molecule has 0 spiro atoms. The predicted octanol–water partition coefficient (Wildman–Crippen LogP) is 1.15. The van der Waals surface area contributed by atoms with Crippen LogP contribution in [0, 0.1) is 11.8 Å². The predicted molar refractivity (Wildman–Crippen MR) is 79.1 cm³/mol. The van der Waals surface area contributed by atoms with Gasteiger partial charge in [0, 0.05) is 31.6 Å². The van der Waals surface area contributed by atoms with E-state index in [4.69, 9.17) is 4.84 Å². The number of amides is 1. The number of hydrogen-bond donors (Lipinski definition) is 2. The van der Waals surface area contributed by atoms with Crippen LogP contribution in [0.4, 0.5) is 0 Å². The second kappa shape index (κ2) is 7.38. The van der Waals surface area contributed by atoms with Gasteiger partial charge in [0.1, 0.15) is 0 Å². The van der Waals surface area contributed by atoms with Crippen LogP contribution in [0.3, 0.4) is 0 Å². The fourth-order valence-electron chi connectivity index (χ4n) is 3.41. The lowest BCUT2D eigenvalue weighted by Gasteiger charge is -2.36. The smallest absolute Gasteiger partial charge is 0.220 e. The number of nitrogens with zero attached hydrogens (tertiary/aromatic N) is 1. The number of hydroxylamine groups is 2. The van der Waals surface area contributed by atoms with E-state index in [0.29, 0.717) is 24.3 Å². The van der Waals surface area contributed by atoms with Crippen LogP contribution in [0.2, 0.25) is 0 Å². The molecular formula is C15H29N3O2. The lowest BCUT2D eigenvalue weighted by atomic mass is 9.88. The second-order valence-electron chi connectivity index (χ2n) is 6.36. The molecule has 5 nitrogen and oxygen atoms in total. The first-order valence-electron chi connectivity index (χ1n) is 7.92. The van der Waals surface area contributed by atoms with Crippen molar-refractivity contribution in [3.8, 4) is 0 Å². The number of rotatable bonds is 4. The van der Waals surface area contributed by atoms with E-state index in [1.807, 2.05) is 5.06 Å². The van der Waals surface area contributed by atoms with Crippen LogP contribution in [-0.4, -0.2) is 49.8 Å². The summed E-state index contributed by atoms with van der Waals surface area (Å²) in [6.07, 6.45) is 3.90. The van der Waals surface area contributed by atoms with Crippen molar-refractivity contribution >= 4 is 5.91 Å². The van der Waals surface area contributed by atoms with Crippen molar-refractivity contribution in [3.63, 3.8) is 0 Å². The molecule has 0 aromatic carbocycles. The Kier molecular flexibility index (Phi) is 5.81. The molecule has 20 heavy (non-hydrogen) atoms. The van der Waals surface area contributed by atoms with E-state index >= 15 is 0 Å². The lowest BCUT2D eigenvalue weighted by molar-refractivity contribution is -0.150. The summed E-state index contributed by atoms with van der Waals surface area (Å²) >= 11 is 0. The largest absolute Gasteiger partial charge is 0.352 e. The molecule has 0 aliphatic carbocycles. The lowest BCUT2D eigenvalue weighted by Crippen LogP contribution is -2.56. The molecule has 2 fully saturated rings. The normalized spacial score (nSPS) is 33.0. The minimum absolute atomic E-state index is 0.216. The zero-order chi connectivity index (χ0) is 14.5. The third kappa shape index (κ3) is 4.17. The Labute approximate surface area is 122 Å². The fourth-order valence-corrected chi connectivity index (χ4v) is 3.41. The average Bonchev–Trinajstić information content (AvgIpc) is 2.44. The summed E-state index contributed by atoms with van der Waals surface area (Å²) in [5.74, 6) is 1.28. The monoisotopic (exact) mass is 283 g/mol. The summed E-state index contributed by atoms with van der Waals surface area (Å²) in [6, 6.07) is 0.647. The van der Waals surface area contributed by atoms with Gasteiger partial charge in [-0.25, -0.2) is 0 Å². The third-order valence-electron chi connectivity index (χ3n) is 4.85. The van der Waals surface area contributed by atoms with Crippen molar-refractivity contribution in [1.82, 2.24) is 15.7 Å². The first kappa shape index (κ1) is 15.7. The van der Waals surface area contributed by atoms with Gasteiger partial charge in [-0.05, 0) is 44.6 Å². The van der Waals surface area contributed by atoms with Crippen molar-refractivity contribution in [2.24, 2.45) is 11.8 Å². The molecule has 0 aromatic heterocycles. The standard InChI is InChI=1S/C15H29N3O2/c1-11-4-7-16-12(2)15(11)17-14(19)10-13-5-8-18(20-3)9-6-13/h11-13,15-16H,4-10H2,1-3H3,(H,17,19)/t11-,12-,15-/m1/s1. The van der Waals surface area contributed by atoms with Crippen molar-refractivity contribution in [2.45, 2.75) is 51.6 Å². The molecule has 0 radical (unpaired) electrons. The van der Waals surface area contributed by atoms with E-state index in [-0.39, 0.29) is 11.9 Å². The Morgan fingerprint density at radius 1 is 1.30 bits per heavy atom. The van der Waals surface area contributed by atoms with Gasteiger partial charge in [0.25, 0.3) is 0 Å². The number of carbonyl (C=O) groups excluding carboxylic acids is 1. The summed E-state index contributed by atoms with van der Waals surface area (Å²) in [7, 11) is 1.71. The zero-order valence-electron chi connectivity index (χ0n) is 13.0. The van der Waals surface area contributed by atoms with Crippen LogP contribution in [-0.2, 0) is 9.63 Å². The highest BCUT2D eigenvalue weighted by Crippen LogP contribution is 2.21. The molecule has 2 aliphatic heterocycles. The Hall–Kier alpha value is -0.650. The number of carbonyl (C=O) groups is 1. The van der Waals surface area contributed by atoms with Gasteiger partial charge in [-0.15, -0.1) is 0 Å². The molecule has 1 amide bonds. The maximum absolute atomic E-state index is 12.2. The number of piperidine rings is 2. The summed E-state index contributed by atoms with van der Waals surface area (Å²) < 4.78 is 0. The van der Waals surface area contributed by atoms with Gasteiger partial charge in [-0.3, -0.25) is 4.79 Å². The molecule has 0 saturated carbocycles. The summed E-state index contributed by atoms with van der Waals surface area (Å²) in [4.78, 5) is 17.5. The molecule has 0 aromatic rings. The Morgan fingerprint density at radius 2 is 2.00 bits per heavy atom. The molecule has 3 atom stereocenters. The Morgan fingerprint density at radius 3 is 2.60 bits per heavy atom. The van der Waals surface area contributed by atoms with Gasteiger partial charge >= 0.3 is 0 Å². The molecule has 2 rings (SSSR count). The Balaban J connectivity index is 1.75. The van der Waals surface area contributed by atoms with Crippen LogP contribution in [0.1, 0.15) is 39.5 Å². The number of hydrogen-bond acceptors (Lipinski definition) is 4. The second-order valence-corrected chi connectivity index (χ2v) is 6.36. The molecule has 116 valence electrons. The van der Waals surface area contributed by atoms with Crippen LogP contribution >= 0.6 is 0 Å². The van der Waals surface area contributed by atoms with E-state index in [9.17, 15) is 4.79 Å². The van der Waals surface area contributed by atoms with E-state index in [0.717, 1.165) is 38.9 Å². The van der Waals surface area contributed by atoms with Crippen LogP contribution in [0.15, 0.2) is 0 Å². The Bertz CT molecular complexity index is 306. The highest BCUT2D eigenvalue weighted by atomic mass is 16.7. The van der Waals surface area contributed by atoms with E-state index < -0.39 is 0 Å². The summed E-state index contributed by atoms with van der Waals surface area (Å²) in [5, 5.41) is 8.67. The first-order chi connectivity index (χ1) is 9.60. The summed E-state index contributed by atoms with van der Waals surface area (Å²) in [5.41, 5.74) is 0. The van der Waals surface area contributed by atoms with Crippen molar-refractivity contribution in [2.75, 3.05) is 26.7 Å². The maximum Gasteiger partial charge on any atom is 0.220 e. The molecule has 2 aliphatic rings. The molecule has 5 heteroatoms. The molecule has 2 N–H and O–H groups in total. The minimum atomic E-state index is 0.216. The van der Waals surface area contributed by atoms with Gasteiger partial charge in [-0.1, -0.05) is 6.92 Å². The van der Waals surface area contributed by atoms with Gasteiger partial charge in [0.05, 0.1) is 7.11 Å². The van der Waals surface area contributed by atoms with Crippen molar-refractivity contribution in [1.29, 1.82) is 0 Å². The first-order valence-corrected chi connectivity index (χ1v) is 7.92. The minimum Gasteiger partial charge on any atom is -0.352 e. The number of nitrogens with one attached hydrogen (secondary N) is 2. The quantitative estimate of drug-likeness (QED) is 0.813. The van der Waals surface area contributed by atoms with Gasteiger partial charge in [0.2, 0.25) is 5.91 Å². The van der Waals surface area contributed by atoms with E-state index in [2.05, 4.69) is 24.5 Å². The van der Waals surface area contributed by atoms with Crippen LogP contribution < -0.4 is 10.6 Å². The van der Waals surface area contributed by atoms with Gasteiger partial charge in [-0.2, -0.15) is 5.06 Å². The average molecular weight is 283 g/mol. The molecule has 2 saturated heterocycles. The third-order valence-corrected chi connectivity index (χ3v) is 4.85. The highest BCUT2D eigenvalue weighted by Gasteiger charge is 2.29. The maximum atomic E-state index is 12.2. The highest BCUT2D eigenvalue weighted by molar-refractivity contribution is 5.76. The van der Waals surface area contributed by atoms with E-state index in [1.54, 1.807) is 7.11 Å². The van der Waals surface area contributed by atoms with E-state index in [1.165, 1.54) is 0 Å². The topological polar surface area (TPSA) is 53.6 Å². The zero-order valence-corrected chi connectivity index (χ0v) is 13.0. The molecule has 0 bridgehead atoms. The molecule has 0 unspecified atom stereocenters. The summed E-state index contributed by atoms with van der Waals surface area (Å²) in [6.45, 7) is 7.33. The molecule has 2 heterocycles. The SMILES string of the molecule is CON1CCC(CC(=O)N[C@@H]2[C@H](C)CCN[C@@H]2C)CC1. The van der Waals surface area contributed by atoms with Gasteiger partial charge < -0.3 is 15.5 Å².